The molecule has 1 aliphatic rings. The SMILES string of the molecule is CC(C)(C)OCC(CN)(CN)COC(C)(C)C.O=C(O)C1(C(=O)O)CCC1.[Pt+2]. The molecule has 9 heteroatoms. The van der Waals surface area contributed by atoms with Crippen LogP contribution < -0.4 is 11.5 Å². The molecular formula is C19H38N2O6Pt+2. The molecule has 0 aromatic heterocycles. The predicted molar refractivity (Wildman–Crippen MR) is 104 cm³/mol. The van der Waals surface area contributed by atoms with Crippen LogP contribution in [0.5, 0.6) is 0 Å². The number of hydrogen-bond acceptors (Lipinski definition) is 6. The van der Waals surface area contributed by atoms with Crippen LogP contribution in [0.25, 0.3) is 0 Å². The molecule has 0 spiro atoms. The Morgan fingerprint density at radius 1 is 0.857 bits per heavy atom. The number of carbonyl (C=O) groups is 2. The van der Waals surface area contributed by atoms with E-state index in [1.54, 1.807) is 0 Å². The average Bonchev–Trinajstić information content (AvgIpc) is 2.45. The first kappa shape index (κ1) is 29.7. The quantitative estimate of drug-likeness (QED) is 0.316. The molecule has 0 aliphatic heterocycles. The van der Waals surface area contributed by atoms with Crippen LogP contribution in [0.15, 0.2) is 0 Å². The van der Waals surface area contributed by atoms with Gasteiger partial charge in [-0.1, -0.05) is 0 Å². The Bertz CT molecular complexity index is 456. The Morgan fingerprint density at radius 2 is 1.18 bits per heavy atom. The number of carboxylic acid groups (broad SMARTS) is 2. The first-order chi connectivity index (χ1) is 12.1. The smallest absolute Gasteiger partial charge is 0.480 e. The molecule has 0 heterocycles. The fourth-order valence-corrected chi connectivity index (χ4v) is 2.15. The van der Waals surface area contributed by atoms with Crippen molar-refractivity contribution in [3.8, 4) is 0 Å². The largest absolute Gasteiger partial charge is 2.00 e. The van der Waals surface area contributed by atoms with E-state index in [0.29, 0.717) is 32.7 Å². The molecule has 168 valence electrons. The van der Waals surface area contributed by atoms with E-state index in [-0.39, 0.29) is 50.5 Å². The molecule has 0 saturated heterocycles. The molecule has 0 amide bonds. The topological polar surface area (TPSA) is 145 Å². The molecule has 0 atom stereocenters. The van der Waals surface area contributed by atoms with Gasteiger partial charge >= 0.3 is 33.0 Å². The number of carboxylic acids is 2. The minimum atomic E-state index is -1.44. The second-order valence-corrected chi connectivity index (χ2v) is 9.26. The van der Waals surface area contributed by atoms with Gasteiger partial charge < -0.3 is 31.2 Å². The molecular weight excluding hydrogens is 547 g/mol. The third-order valence-electron chi connectivity index (χ3n) is 4.51. The molecule has 0 aromatic carbocycles. The maximum absolute atomic E-state index is 10.4. The van der Waals surface area contributed by atoms with Crippen molar-refractivity contribution in [2.24, 2.45) is 22.3 Å². The van der Waals surface area contributed by atoms with Gasteiger partial charge in [0, 0.05) is 18.5 Å². The summed E-state index contributed by atoms with van der Waals surface area (Å²) in [5.74, 6) is -2.41. The second-order valence-electron chi connectivity index (χ2n) is 9.26. The summed E-state index contributed by atoms with van der Waals surface area (Å²) < 4.78 is 11.6. The fraction of sp³-hybridized carbons (Fsp3) is 0.895. The molecule has 0 unspecified atom stereocenters. The van der Waals surface area contributed by atoms with Crippen molar-refractivity contribution in [2.75, 3.05) is 26.3 Å². The molecule has 0 aromatic rings. The average molecular weight is 586 g/mol. The number of ether oxygens (including phenoxy) is 2. The Labute approximate surface area is 183 Å². The van der Waals surface area contributed by atoms with Crippen LogP contribution in [-0.2, 0) is 40.1 Å². The molecule has 6 N–H and O–H groups in total. The minimum Gasteiger partial charge on any atom is -0.480 e. The van der Waals surface area contributed by atoms with E-state index in [0.717, 1.165) is 0 Å². The van der Waals surface area contributed by atoms with Crippen LogP contribution in [0.1, 0.15) is 60.8 Å². The van der Waals surface area contributed by atoms with Crippen molar-refractivity contribution in [1.82, 2.24) is 0 Å². The van der Waals surface area contributed by atoms with Crippen LogP contribution in [0, 0.1) is 10.8 Å². The molecule has 1 saturated carbocycles. The Kier molecular flexibility index (Phi) is 12.3. The Balaban J connectivity index is 0. The molecule has 0 radical (unpaired) electrons. The zero-order chi connectivity index (χ0) is 21.5. The van der Waals surface area contributed by atoms with Gasteiger partial charge in [-0.05, 0) is 60.8 Å². The van der Waals surface area contributed by atoms with Gasteiger partial charge in [-0.15, -0.1) is 0 Å². The maximum atomic E-state index is 10.4. The zero-order valence-electron chi connectivity index (χ0n) is 17.9. The number of hydrogen-bond donors (Lipinski definition) is 4. The predicted octanol–water partition coefficient (Wildman–Crippen LogP) is 1.84. The van der Waals surface area contributed by atoms with Crippen molar-refractivity contribution in [3.05, 3.63) is 0 Å². The van der Waals surface area contributed by atoms with Gasteiger partial charge in [0.1, 0.15) is 0 Å². The fourth-order valence-electron chi connectivity index (χ4n) is 2.15. The van der Waals surface area contributed by atoms with Crippen LogP contribution in [0.3, 0.4) is 0 Å². The van der Waals surface area contributed by atoms with Gasteiger partial charge in [-0.25, -0.2) is 0 Å². The van der Waals surface area contributed by atoms with Crippen molar-refractivity contribution >= 4 is 11.9 Å². The van der Waals surface area contributed by atoms with Gasteiger partial charge in [0.2, 0.25) is 0 Å². The van der Waals surface area contributed by atoms with Crippen molar-refractivity contribution in [2.45, 2.75) is 72.0 Å². The van der Waals surface area contributed by atoms with Gasteiger partial charge in [-0.3, -0.25) is 9.59 Å². The molecule has 1 aliphatic carbocycles. The summed E-state index contributed by atoms with van der Waals surface area (Å²) in [6.45, 7) is 14.1. The van der Waals surface area contributed by atoms with E-state index in [4.69, 9.17) is 31.2 Å². The Hall–Kier alpha value is -0.532. The number of aliphatic carboxylic acids is 2. The van der Waals surface area contributed by atoms with E-state index in [2.05, 4.69) is 0 Å². The van der Waals surface area contributed by atoms with Crippen molar-refractivity contribution in [1.29, 1.82) is 0 Å². The first-order valence-corrected chi connectivity index (χ1v) is 9.28. The summed E-state index contributed by atoms with van der Waals surface area (Å²) in [5.41, 5.74) is 9.57. The second kappa shape index (κ2) is 11.6. The number of nitrogens with two attached hydrogens (primary N) is 2. The summed E-state index contributed by atoms with van der Waals surface area (Å²) in [6, 6.07) is 0. The molecule has 1 rings (SSSR count). The van der Waals surface area contributed by atoms with E-state index in [1.807, 2.05) is 41.5 Å². The standard InChI is InChI=1S/C13H30N2O2.C6H8O4.Pt/c1-11(2,3)16-9-13(7-14,8-15)10-17-12(4,5)6;7-4(8)6(5(9)10)2-1-3-6;/h7-10,14-15H2,1-6H3;1-3H2,(H,7,8)(H,9,10);/q;;+2. The van der Waals surface area contributed by atoms with E-state index in [9.17, 15) is 9.59 Å². The van der Waals surface area contributed by atoms with Gasteiger partial charge in [0.25, 0.3) is 0 Å². The third-order valence-corrected chi connectivity index (χ3v) is 4.51. The zero-order valence-corrected chi connectivity index (χ0v) is 20.2. The van der Waals surface area contributed by atoms with Crippen molar-refractivity contribution in [3.63, 3.8) is 0 Å². The normalized spacial score (nSPS) is 16.1. The Morgan fingerprint density at radius 3 is 1.29 bits per heavy atom. The summed E-state index contributed by atoms with van der Waals surface area (Å²) in [4.78, 5) is 20.7. The minimum absolute atomic E-state index is 0. The molecule has 8 nitrogen and oxygen atoms in total. The summed E-state index contributed by atoms with van der Waals surface area (Å²) >= 11 is 0. The van der Waals surface area contributed by atoms with Crippen LogP contribution in [-0.4, -0.2) is 59.7 Å². The molecule has 1 fully saturated rings. The van der Waals surface area contributed by atoms with Crippen molar-refractivity contribution < 1.29 is 50.3 Å². The van der Waals surface area contributed by atoms with Crippen LogP contribution in [0.2, 0.25) is 0 Å². The van der Waals surface area contributed by atoms with Gasteiger partial charge in [-0.2, -0.15) is 0 Å². The van der Waals surface area contributed by atoms with Crippen LogP contribution in [0.4, 0.5) is 0 Å². The summed E-state index contributed by atoms with van der Waals surface area (Å²) in [7, 11) is 0. The van der Waals surface area contributed by atoms with Crippen LogP contribution >= 0.6 is 0 Å². The van der Waals surface area contributed by atoms with E-state index in [1.165, 1.54) is 0 Å². The number of rotatable bonds is 8. The van der Waals surface area contributed by atoms with E-state index >= 15 is 0 Å². The third kappa shape index (κ3) is 9.79. The van der Waals surface area contributed by atoms with E-state index < -0.39 is 17.4 Å². The summed E-state index contributed by atoms with van der Waals surface area (Å²) in [5, 5.41) is 16.9. The molecule has 0 bridgehead atoms. The first-order valence-electron chi connectivity index (χ1n) is 9.28. The monoisotopic (exact) mass is 585 g/mol. The maximum Gasteiger partial charge on any atom is 2.00 e. The van der Waals surface area contributed by atoms with Gasteiger partial charge in [0.05, 0.1) is 24.4 Å². The summed E-state index contributed by atoms with van der Waals surface area (Å²) in [6.07, 6.45) is 1.26. The van der Waals surface area contributed by atoms with Gasteiger partial charge in [0.15, 0.2) is 5.41 Å². The molecule has 28 heavy (non-hydrogen) atoms.